The Kier molecular flexibility index (Phi) is 7.75. The topological polar surface area (TPSA) is 71.5 Å². The number of nitrogens with zero attached hydrogens (tertiary/aromatic N) is 2. The summed E-state index contributed by atoms with van der Waals surface area (Å²) in [6, 6.07) is 5.74. The summed E-state index contributed by atoms with van der Waals surface area (Å²) in [5, 5.41) is 0.564. The Morgan fingerprint density at radius 3 is 2.29 bits per heavy atom. The zero-order valence-electron chi connectivity index (χ0n) is 22.3. The number of nitrogens with one attached hydrogen (secondary N) is 1. The van der Waals surface area contributed by atoms with Gasteiger partial charge in [0.1, 0.15) is 5.75 Å². The molecule has 3 aliphatic rings. The largest absolute Gasteiger partial charge is 0.497 e. The molecule has 1 aromatic heterocycles. The third-order valence-electron chi connectivity index (χ3n) is 8.32. The molecule has 13 heteroatoms. The Balaban J connectivity index is 1.64. The summed E-state index contributed by atoms with van der Waals surface area (Å²) >= 11 is 0. The molecule has 0 aliphatic carbocycles. The van der Waals surface area contributed by atoms with Gasteiger partial charge in [-0.1, -0.05) is 13.3 Å². The molecule has 0 saturated carbocycles. The normalized spacial score (nSPS) is 24.0. The Morgan fingerprint density at radius 1 is 1.05 bits per heavy atom. The molecule has 3 aromatic rings. The van der Waals surface area contributed by atoms with Gasteiger partial charge in [0.05, 0.1) is 34.7 Å². The fourth-order valence-corrected chi connectivity index (χ4v) is 7.52. The lowest BCUT2D eigenvalue weighted by atomic mass is 9.72. The number of aromatic nitrogens is 1. The van der Waals surface area contributed by atoms with Crippen molar-refractivity contribution in [3.63, 3.8) is 0 Å². The number of hydrogen-bond acceptors (Lipinski definition) is 5. The van der Waals surface area contributed by atoms with E-state index in [2.05, 4.69) is 21.5 Å². The number of hydrogen-bond donors (Lipinski definition) is 1. The molecule has 3 aliphatic heterocycles. The molecule has 3 unspecified atom stereocenters. The second-order valence-corrected chi connectivity index (χ2v) is 12.4. The quantitative estimate of drug-likeness (QED) is 0.317. The number of pyridine rings is 1. The van der Waals surface area contributed by atoms with E-state index in [1.807, 2.05) is 0 Å². The summed E-state index contributed by atoms with van der Waals surface area (Å²) in [6.45, 7) is 3.52. The van der Waals surface area contributed by atoms with Crippen molar-refractivity contribution in [2.24, 2.45) is 11.8 Å². The smallest absolute Gasteiger partial charge is 0.416 e. The summed E-state index contributed by atoms with van der Waals surface area (Å²) in [5.41, 5.74) is -2.36. The fourth-order valence-electron chi connectivity index (χ4n) is 6.20. The van der Waals surface area contributed by atoms with Gasteiger partial charge in [-0.05, 0) is 79.3 Å². The van der Waals surface area contributed by atoms with Crippen LogP contribution in [-0.2, 0) is 22.4 Å². The van der Waals surface area contributed by atoms with Crippen LogP contribution in [0.4, 0.5) is 26.3 Å². The minimum atomic E-state index is -5.19. The van der Waals surface area contributed by atoms with Gasteiger partial charge in [0.25, 0.3) is 0 Å². The molecule has 0 spiro atoms. The molecule has 1 N–H and O–H groups in total. The number of ether oxygens (including phenoxy) is 1. The number of fused-ring (bicyclic) bond motifs is 4. The molecule has 222 valence electrons. The van der Waals surface area contributed by atoms with Crippen LogP contribution < -0.4 is 9.46 Å². The number of piperidine rings is 3. The van der Waals surface area contributed by atoms with Crippen molar-refractivity contribution >= 4 is 20.9 Å². The molecule has 2 bridgehead atoms. The monoisotopic (exact) mass is 601 g/mol. The van der Waals surface area contributed by atoms with Crippen molar-refractivity contribution < 1.29 is 39.5 Å². The number of sulfonamides is 1. The van der Waals surface area contributed by atoms with Gasteiger partial charge in [0.15, 0.2) is 0 Å². The van der Waals surface area contributed by atoms with Gasteiger partial charge in [-0.3, -0.25) is 9.88 Å². The number of halogens is 6. The van der Waals surface area contributed by atoms with E-state index in [-0.39, 0.29) is 24.2 Å². The van der Waals surface area contributed by atoms with Crippen molar-refractivity contribution in [2.45, 2.75) is 55.5 Å². The minimum Gasteiger partial charge on any atom is -0.497 e. The first-order valence-corrected chi connectivity index (χ1v) is 14.7. The third-order valence-corrected chi connectivity index (χ3v) is 9.74. The van der Waals surface area contributed by atoms with Gasteiger partial charge < -0.3 is 4.74 Å². The van der Waals surface area contributed by atoms with Crippen LogP contribution in [0, 0.1) is 11.8 Å². The Hall–Kier alpha value is -2.90. The SMILES string of the molecule is CCC1CN2CCC1C[C@H]2[C@@H](NS(=O)(=O)c1cc(C(F)(F)F)cc(C(F)(F)F)c1)c1ccnc2ccc(OC)cc12. The molecule has 4 heterocycles. The van der Waals surface area contributed by atoms with Crippen molar-refractivity contribution in [3.8, 4) is 5.75 Å². The summed E-state index contributed by atoms with van der Waals surface area (Å²) in [6.07, 6.45) is -6.37. The highest BCUT2D eigenvalue weighted by Gasteiger charge is 2.45. The molecular formula is C28H29F6N3O3S. The number of methoxy groups -OCH3 is 1. The second-order valence-electron chi connectivity index (χ2n) is 10.6. The van der Waals surface area contributed by atoms with Crippen LogP contribution in [0.2, 0.25) is 0 Å². The average Bonchev–Trinajstić information content (AvgIpc) is 2.94. The molecule has 5 atom stereocenters. The van der Waals surface area contributed by atoms with E-state index in [0.717, 1.165) is 19.4 Å². The maximum atomic E-state index is 13.7. The standard InChI is InChI=1S/C28H29F6N3O3S/c1-3-16-15-37-9-7-17(16)10-25(37)26(22-6-8-35-24-5-4-20(40-2)14-23(22)24)36-41(38,39)21-12-18(27(29,30)31)11-19(13-21)28(32,33)34/h4-6,8,11-14,16-17,25-26,36H,3,7,9-10,15H2,1-2H3/t16?,17?,25-,26-/m0/s1. The molecular weight excluding hydrogens is 572 g/mol. The summed E-state index contributed by atoms with van der Waals surface area (Å²) < 4.78 is 117. The highest BCUT2D eigenvalue weighted by molar-refractivity contribution is 7.89. The van der Waals surface area contributed by atoms with Gasteiger partial charge in [-0.15, -0.1) is 0 Å². The summed E-state index contributed by atoms with van der Waals surface area (Å²) in [7, 11) is -3.40. The number of rotatable bonds is 7. The predicted molar refractivity (Wildman–Crippen MR) is 140 cm³/mol. The highest BCUT2D eigenvalue weighted by Crippen LogP contribution is 2.44. The van der Waals surface area contributed by atoms with E-state index in [0.29, 0.717) is 47.0 Å². The zero-order chi connectivity index (χ0) is 29.7. The highest BCUT2D eigenvalue weighted by atomic mass is 32.2. The average molecular weight is 602 g/mol. The second kappa shape index (κ2) is 10.7. The summed E-state index contributed by atoms with van der Waals surface area (Å²) in [5.74, 6) is 1.22. The molecule has 0 amide bonds. The van der Waals surface area contributed by atoms with E-state index in [9.17, 15) is 34.8 Å². The molecule has 2 aromatic carbocycles. The lowest BCUT2D eigenvalue weighted by molar-refractivity contribution is -0.143. The van der Waals surface area contributed by atoms with Gasteiger partial charge in [-0.2, -0.15) is 26.3 Å². The first kappa shape index (κ1) is 29.6. The van der Waals surface area contributed by atoms with Gasteiger partial charge in [0.2, 0.25) is 10.0 Å². The van der Waals surface area contributed by atoms with E-state index < -0.39 is 44.4 Å². The molecule has 0 radical (unpaired) electrons. The van der Waals surface area contributed by atoms with E-state index in [1.165, 1.54) is 13.3 Å². The van der Waals surface area contributed by atoms with Gasteiger partial charge >= 0.3 is 12.4 Å². The lowest BCUT2D eigenvalue weighted by Crippen LogP contribution is -2.57. The van der Waals surface area contributed by atoms with Crippen LogP contribution >= 0.6 is 0 Å². The van der Waals surface area contributed by atoms with Crippen molar-refractivity contribution in [2.75, 3.05) is 20.2 Å². The van der Waals surface area contributed by atoms with Crippen LogP contribution in [0.5, 0.6) is 5.75 Å². The molecule has 3 saturated heterocycles. The molecule has 3 fully saturated rings. The zero-order valence-corrected chi connectivity index (χ0v) is 23.1. The van der Waals surface area contributed by atoms with Crippen LogP contribution in [-0.4, -0.2) is 44.5 Å². The van der Waals surface area contributed by atoms with E-state index in [4.69, 9.17) is 4.74 Å². The first-order valence-electron chi connectivity index (χ1n) is 13.2. The maximum absolute atomic E-state index is 13.7. The van der Waals surface area contributed by atoms with Crippen molar-refractivity contribution in [1.82, 2.24) is 14.6 Å². The van der Waals surface area contributed by atoms with Gasteiger partial charge in [0, 0.05) is 24.2 Å². The van der Waals surface area contributed by atoms with Gasteiger partial charge in [-0.25, -0.2) is 13.1 Å². The predicted octanol–water partition coefficient (Wildman–Crippen LogP) is 6.42. The fraction of sp³-hybridized carbons (Fsp3) is 0.464. The maximum Gasteiger partial charge on any atom is 0.416 e. The Morgan fingerprint density at radius 2 is 1.73 bits per heavy atom. The third kappa shape index (κ3) is 5.89. The van der Waals surface area contributed by atoms with E-state index in [1.54, 1.807) is 24.3 Å². The van der Waals surface area contributed by atoms with Crippen molar-refractivity contribution in [3.05, 3.63) is 65.4 Å². The molecule has 6 rings (SSSR count). The number of alkyl halides is 6. The lowest BCUT2D eigenvalue weighted by Gasteiger charge is -2.52. The number of benzene rings is 2. The Bertz CT molecular complexity index is 1510. The molecule has 6 nitrogen and oxygen atoms in total. The summed E-state index contributed by atoms with van der Waals surface area (Å²) in [4.78, 5) is 5.41. The van der Waals surface area contributed by atoms with Crippen molar-refractivity contribution in [1.29, 1.82) is 0 Å². The van der Waals surface area contributed by atoms with Crippen LogP contribution in [0.1, 0.15) is 48.9 Å². The van der Waals surface area contributed by atoms with Crippen LogP contribution in [0.3, 0.4) is 0 Å². The van der Waals surface area contributed by atoms with Crippen LogP contribution in [0.25, 0.3) is 10.9 Å². The minimum absolute atomic E-state index is 0.0875. The Labute approximate surface area is 233 Å². The van der Waals surface area contributed by atoms with E-state index >= 15 is 0 Å². The first-order chi connectivity index (χ1) is 19.2. The molecule has 41 heavy (non-hydrogen) atoms. The van der Waals surface area contributed by atoms with Crippen LogP contribution in [0.15, 0.2) is 53.6 Å².